The molecule has 0 spiro atoms. The molecule has 1 N–H and O–H groups in total. The SMILES string of the molecule is O=P(O)(OCC1CCCCC1)c1ccccc1. The zero-order valence-electron chi connectivity index (χ0n) is 9.92. The maximum absolute atomic E-state index is 12.0. The number of hydrogen-bond donors (Lipinski definition) is 1. The Bertz CT molecular complexity index is 385. The molecule has 0 heterocycles. The lowest BCUT2D eigenvalue weighted by molar-refractivity contribution is 0.191. The normalized spacial score (nSPS) is 21.0. The van der Waals surface area contributed by atoms with Crippen molar-refractivity contribution < 1.29 is 14.0 Å². The molecule has 1 fully saturated rings. The lowest BCUT2D eigenvalue weighted by atomic mass is 9.90. The van der Waals surface area contributed by atoms with Crippen molar-refractivity contribution >= 4 is 12.9 Å². The van der Waals surface area contributed by atoms with E-state index < -0.39 is 7.60 Å². The molecule has 0 aliphatic heterocycles. The highest BCUT2D eigenvalue weighted by atomic mass is 31.2. The smallest absolute Gasteiger partial charge is 0.321 e. The Morgan fingerprint density at radius 1 is 1.18 bits per heavy atom. The minimum Gasteiger partial charge on any atom is -0.321 e. The predicted molar refractivity (Wildman–Crippen MR) is 68.4 cm³/mol. The molecule has 0 bridgehead atoms. The Balaban J connectivity index is 1.91. The van der Waals surface area contributed by atoms with Crippen molar-refractivity contribution in [3.05, 3.63) is 30.3 Å². The summed E-state index contributed by atoms with van der Waals surface area (Å²) in [7, 11) is -3.61. The Kier molecular flexibility index (Phi) is 4.38. The molecule has 4 heteroatoms. The van der Waals surface area contributed by atoms with Crippen LogP contribution in [0.4, 0.5) is 0 Å². The summed E-state index contributed by atoms with van der Waals surface area (Å²) in [6.07, 6.45) is 5.96. The van der Waals surface area contributed by atoms with E-state index in [9.17, 15) is 9.46 Å². The summed E-state index contributed by atoms with van der Waals surface area (Å²) in [5.74, 6) is 0.452. The van der Waals surface area contributed by atoms with Gasteiger partial charge in [0.05, 0.1) is 11.9 Å². The fraction of sp³-hybridized carbons (Fsp3) is 0.538. The fourth-order valence-corrected chi connectivity index (χ4v) is 3.36. The van der Waals surface area contributed by atoms with Crippen molar-refractivity contribution in [3.8, 4) is 0 Å². The molecular formula is C13H19O3P. The van der Waals surface area contributed by atoms with Crippen LogP contribution in [0.15, 0.2) is 30.3 Å². The Morgan fingerprint density at radius 2 is 1.82 bits per heavy atom. The summed E-state index contributed by atoms with van der Waals surface area (Å²) in [4.78, 5) is 9.85. The van der Waals surface area contributed by atoms with Gasteiger partial charge in [0.1, 0.15) is 0 Å². The molecule has 1 aromatic carbocycles. The minimum atomic E-state index is -3.61. The van der Waals surface area contributed by atoms with Gasteiger partial charge < -0.3 is 9.42 Å². The van der Waals surface area contributed by atoms with Gasteiger partial charge in [-0.15, -0.1) is 0 Å². The molecule has 0 saturated heterocycles. The van der Waals surface area contributed by atoms with Crippen molar-refractivity contribution in [2.75, 3.05) is 6.61 Å². The van der Waals surface area contributed by atoms with E-state index in [-0.39, 0.29) is 0 Å². The van der Waals surface area contributed by atoms with Gasteiger partial charge in [-0.25, -0.2) is 0 Å². The van der Waals surface area contributed by atoms with E-state index in [4.69, 9.17) is 4.52 Å². The summed E-state index contributed by atoms with van der Waals surface area (Å²) in [6.45, 7) is 0.405. The zero-order valence-corrected chi connectivity index (χ0v) is 10.8. The molecule has 0 radical (unpaired) electrons. The maximum atomic E-state index is 12.0. The molecule has 0 amide bonds. The second kappa shape index (κ2) is 5.81. The third-order valence-electron chi connectivity index (χ3n) is 3.29. The van der Waals surface area contributed by atoms with Crippen LogP contribution in [0.1, 0.15) is 32.1 Å². The fourth-order valence-electron chi connectivity index (χ4n) is 2.25. The molecule has 1 aliphatic carbocycles. The van der Waals surface area contributed by atoms with E-state index >= 15 is 0 Å². The third-order valence-corrected chi connectivity index (χ3v) is 4.74. The highest BCUT2D eigenvalue weighted by Crippen LogP contribution is 2.41. The molecule has 2 rings (SSSR count). The van der Waals surface area contributed by atoms with Gasteiger partial charge in [0.15, 0.2) is 0 Å². The van der Waals surface area contributed by atoms with Crippen molar-refractivity contribution in [1.82, 2.24) is 0 Å². The average Bonchev–Trinajstić information content (AvgIpc) is 2.39. The van der Waals surface area contributed by atoms with Gasteiger partial charge in [0.25, 0.3) is 0 Å². The van der Waals surface area contributed by atoms with Gasteiger partial charge >= 0.3 is 7.60 Å². The standard InChI is InChI=1S/C13H19O3P/c14-17(15,13-9-5-2-6-10-13)16-11-12-7-3-1-4-8-12/h2,5-6,9-10,12H,1,3-4,7-8,11H2,(H,14,15). The van der Waals surface area contributed by atoms with Crippen LogP contribution in [0.3, 0.4) is 0 Å². The molecule has 1 atom stereocenters. The van der Waals surface area contributed by atoms with Crippen LogP contribution in [0.2, 0.25) is 0 Å². The second-order valence-corrected chi connectivity index (χ2v) is 6.47. The van der Waals surface area contributed by atoms with E-state index in [0.29, 0.717) is 17.8 Å². The Morgan fingerprint density at radius 3 is 2.47 bits per heavy atom. The first kappa shape index (κ1) is 12.8. The summed E-state index contributed by atoms with van der Waals surface area (Å²) < 4.78 is 17.3. The first-order valence-corrected chi connectivity index (χ1v) is 7.79. The quantitative estimate of drug-likeness (QED) is 0.840. The lowest BCUT2D eigenvalue weighted by Gasteiger charge is -2.22. The highest BCUT2D eigenvalue weighted by molar-refractivity contribution is 7.61. The van der Waals surface area contributed by atoms with Gasteiger partial charge in [0, 0.05) is 0 Å². The Labute approximate surface area is 102 Å². The summed E-state index contributed by atoms with van der Waals surface area (Å²) in [6, 6.07) is 8.61. The average molecular weight is 254 g/mol. The monoisotopic (exact) mass is 254 g/mol. The predicted octanol–water partition coefficient (Wildman–Crippen LogP) is 3.09. The number of benzene rings is 1. The van der Waals surface area contributed by atoms with E-state index in [1.165, 1.54) is 19.3 Å². The van der Waals surface area contributed by atoms with E-state index in [0.717, 1.165) is 12.8 Å². The van der Waals surface area contributed by atoms with Crippen molar-refractivity contribution in [3.63, 3.8) is 0 Å². The molecule has 1 saturated carbocycles. The van der Waals surface area contributed by atoms with Gasteiger partial charge in [-0.2, -0.15) is 0 Å². The van der Waals surface area contributed by atoms with Crippen LogP contribution in [-0.2, 0) is 9.09 Å². The molecule has 1 unspecified atom stereocenters. The lowest BCUT2D eigenvalue weighted by Crippen LogP contribution is -2.15. The van der Waals surface area contributed by atoms with E-state index in [1.54, 1.807) is 24.3 Å². The Hall–Kier alpha value is -0.630. The molecule has 1 aliphatic rings. The van der Waals surface area contributed by atoms with Crippen LogP contribution >= 0.6 is 7.60 Å². The maximum Gasteiger partial charge on any atom is 0.358 e. The first-order valence-electron chi connectivity index (χ1n) is 6.21. The highest BCUT2D eigenvalue weighted by Gasteiger charge is 2.24. The van der Waals surface area contributed by atoms with E-state index in [1.807, 2.05) is 6.07 Å². The molecule has 1 aromatic rings. The zero-order chi connectivity index (χ0) is 12.1. The van der Waals surface area contributed by atoms with Crippen LogP contribution in [0.25, 0.3) is 0 Å². The van der Waals surface area contributed by atoms with Crippen LogP contribution in [0.5, 0.6) is 0 Å². The second-order valence-electron chi connectivity index (χ2n) is 4.66. The molecule has 3 nitrogen and oxygen atoms in total. The van der Waals surface area contributed by atoms with Gasteiger partial charge in [0.2, 0.25) is 0 Å². The van der Waals surface area contributed by atoms with Gasteiger partial charge in [-0.05, 0) is 30.9 Å². The summed E-state index contributed by atoms with van der Waals surface area (Å²) in [5.41, 5.74) is 0. The topological polar surface area (TPSA) is 46.5 Å². The summed E-state index contributed by atoms with van der Waals surface area (Å²) >= 11 is 0. The minimum absolute atomic E-state index is 0.385. The molecule has 94 valence electrons. The third kappa shape index (κ3) is 3.67. The summed E-state index contributed by atoms with van der Waals surface area (Å²) in [5, 5.41) is 0.385. The van der Waals surface area contributed by atoms with Gasteiger partial charge in [-0.1, -0.05) is 37.5 Å². The van der Waals surface area contributed by atoms with Crippen LogP contribution in [-0.4, -0.2) is 11.5 Å². The molecule has 17 heavy (non-hydrogen) atoms. The molecular weight excluding hydrogens is 235 g/mol. The van der Waals surface area contributed by atoms with Crippen LogP contribution in [0, 0.1) is 5.92 Å². The van der Waals surface area contributed by atoms with Gasteiger partial charge in [-0.3, -0.25) is 4.57 Å². The van der Waals surface area contributed by atoms with Crippen molar-refractivity contribution in [2.24, 2.45) is 5.92 Å². The number of rotatable bonds is 4. The number of hydrogen-bond acceptors (Lipinski definition) is 2. The van der Waals surface area contributed by atoms with Crippen LogP contribution < -0.4 is 5.30 Å². The first-order chi connectivity index (χ1) is 8.18. The van der Waals surface area contributed by atoms with Crippen molar-refractivity contribution in [2.45, 2.75) is 32.1 Å². The van der Waals surface area contributed by atoms with Crippen molar-refractivity contribution in [1.29, 1.82) is 0 Å². The molecule has 0 aromatic heterocycles. The largest absolute Gasteiger partial charge is 0.358 e. The van der Waals surface area contributed by atoms with E-state index in [2.05, 4.69) is 0 Å².